The van der Waals surface area contributed by atoms with Gasteiger partial charge in [-0.15, -0.1) is 11.8 Å². The zero-order chi connectivity index (χ0) is 20.0. The van der Waals surface area contributed by atoms with Crippen molar-refractivity contribution >= 4 is 29.3 Å². The number of thioether (sulfide) groups is 1. The van der Waals surface area contributed by atoms with E-state index in [4.69, 9.17) is 16.3 Å². The van der Waals surface area contributed by atoms with Crippen molar-refractivity contribution in [2.75, 3.05) is 7.11 Å². The molecule has 0 bridgehead atoms. The van der Waals surface area contributed by atoms with E-state index in [9.17, 15) is 9.90 Å². The fraction of sp³-hybridized carbons (Fsp3) is 0.174. The first kappa shape index (κ1) is 20.5. The van der Waals surface area contributed by atoms with Gasteiger partial charge in [-0.1, -0.05) is 84.4 Å². The Morgan fingerprint density at radius 3 is 2.07 bits per heavy atom. The lowest BCUT2D eigenvalue weighted by molar-refractivity contribution is -0.151. The first-order chi connectivity index (χ1) is 13.6. The lowest BCUT2D eigenvalue weighted by Crippen LogP contribution is -2.44. The van der Waals surface area contributed by atoms with Crippen LogP contribution >= 0.6 is 23.4 Å². The van der Waals surface area contributed by atoms with Crippen LogP contribution < -0.4 is 0 Å². The van der Waals surface area contributed by atoms with Gasteiger partial charge in [-0.2, -0.15) is 0 Å². The minimum Gasteiger partial charge on any atom is -0.467 e. The minimum atomic E-state index is -1.39. The van der Waals surface area contributed by atoms with Crippen LogP contribution in [0.25, 0.3) is 0 Å². The Balaban J connectivity index is 2.15. The molecule has 3 aromatic rings. The van der Waals surface area contributed by atoms with E-state index in [1.54, 1.807) is 12.1 Å². The van der Waals surface area contributed by atoms with Crippen molar-refractivity contribution in [2.24, 2.45) is 0 Å². The third-order valence-electron chi connectivity index (χ3n) is 4.59. The van der Waals surface area contributed by atoms with E-state index in [1.807, 2.05) is 72.8 Å². The maximum Gasteiger partial charge on any atom is 0.336 e. The average molecular weight is 413 g/mol. The number of hydrogen-bond donors (Lipinski definition) is 1. The predicted molar refractivity (Wildman–Crippen MR) is 114 cm³/mol. The second-order valence-corrected chi connectivity index (χ2v) is 7.97. The van der Waals surface area contributed by atoms with Crippen LogP contribution in [0.15, 0.2) is 84.9 Å². The zero-order valence-electron chi connectivity index (χ0n) is 15.4. The molecule has 0 aliphatic rings. The molecular weight excluding hydrogens is 392 g/mol. The topological polar surface area (TPSA) is 46.5 Å². The fourth-order valence-electron chi connectivity index (χ4n) is 3.16. The highest BCUT2D eigenvalue weighted by molar-refractivity contribution is 7.99. The second kappa shape index (κ2) is 9.28. The van der Waals surface area contributed by atoms with Gasteiger partial charge in [0, 0.05) is 10.8 Å². The van der Waals surface area contributed by atoms with Crippen molar-refractivity contribution in [1.82, 2.24) is 0 Å². The number of hydrogen-bond acceptors (Lipinski definition) is 4. The van der Waals surface area contributed by atoms with Gasteiger partial charge in [0.05, 0.1) is 7.11 Å². The predicted octanol–water partition coefficient (Wildman–Crippen LogP) is 5.05. The Hall–Kier alpha value is -2.27. The molecule has 3 aromatic carbocycles. The minimum absolute atomic E-state index is 0.589. The number of carbonyl (C=O) groups is 1. The van der Waals surface area contributed by atoms with Gasteiger partial charge in [0.15, 0.2) is 6.10 Å². The van der Waals surface area contributed by atoms with Gasteiger partial charge in [-0.05, 0) is 28.8 Å². The molecule has 0 aliphatic carbocycles. The summed E-state index contributed by atoms with van der Waals surface area (Å²) in [5.41, 5.74) is 2.69. The molecule has 3 nitrogen and oxygen atoms in total. The lowest BCUT2D eigenvalue weighted by atomic mass is 9.85. The number of esters is 1. The van der Waals surface area contributed by atoms with Crippen LogP contribution in [0.1, 0.15) is 16.7 Å². The third-order valence-corrected chi connectivity index (χ3v) is 6.47. The van der Waals surface area contributed by atoms with Gasteiger partial charge in [-0.3, -0.25) is 0 Å². The van der Waals surface area contributed by atoms with Crippen molar-refractivity contribution in [2.45, 2.75) is 16.6 Å². The second-order valence-electron chi connectivity index (χ2n) is 6.31. The highest BCUT2D eigenvalue weighted by Crippen LogP contribution is 2.47. The van der Waals surface area contributed by atoms with Crippen molar-refractivity contribution in [3.63, 3.8) is 0 Å². The molecule has 28 heavy (non-hydrogen) atoms. The third kappa shape index (κ3) is 4.25. The van der Waals surface area contributed by atoms with Crippen LogP contribution in [0.3, 0.4) is 0 Å². The molecule has 144 valence electrons. The lowest BCUT2D eigenvalue weighted by Gasteiger charge is -2.37. The van der Waals surface area contributed by atoms with Crippen molar-refractivity contribution < 1.29 is 14.6 Å². The zero-order valence-corrected chi connectivity index (χ0v) is 17.0. The summed E-state index contributed by atoms with van der Waals surface area (Å²) in [5.74, 6) is -0.0776. The molecule has 2 unspecified atom stereocenters. The maximum atomic E-state index is 12.5. The molecule has 0 amide bonds. The first-order valence-electron chi connectivity index (χ1n) is 8.83. The molecule has 0 aliphatic heterocycles. The van der Waals surface area contributed by atoms with Gasteiger partial charge >= 0.3 is 5.97 Å². The van der Waals surface area contributed by atoms with Gasteiger partial charge in [0.1, 0.15) is 4.75 Å². The summed E-state index contributed by atoms with van der Waals surface area (Å²) in [5, 5.41) is 11.7. The van der Waals surface area contributed by atoms with Crippen molar-refractivity contribution in [3.05, 3.63) is 107 Å². The smallest absolute Gasteiger partial charge is 0.336 e. The van der Waals surface area contributed by atoms with Gasteiger partial charge in [0.25, 0.3) is 0 Å². The number of benzene rings is 3. The number of carbonyl (C=O) groups excluding carboxylic acids is 1. The maximum absolute atomic E-state index is 12.5. The van der Waals surface area contributed by atoms with Crippen molar-refractivity contribution in [1.29, 1.82) is 0 Å². The number of halogens is 1. The summed E-state index contributed by atoms with van der Waals surface area (Å²) in [6, 6.07) is 26.7. The normalized spacial score (nSPS) is 14.1. The van der Waals surface area contributed by atoms with Crippen LogP contribution in [-0.2, 0) is 20.0 Å². The summed E-state index contributed by atoms with van der Waals surface area (Å²) < 4.78 is 3.86. The molecule has 0 spiro atoms. The van der Waals surface area contributed by atoms with E-state index in [0.29, 0.717) is 10.8 Å². The van der Waals surface area contributed by atoms with Crippen LogP contribution in [0.5, 0.6) is 0 Å². The van der Waals surface area contributed by atoms with Crippen LogP contribution in [0.4, 0.5) is 0 Å². The van der Waals surface area contributed by atoms with Crippen LogP contribution in [0, 0.1) is 0 Å². The molecule has 0 radical (unpaired) electrons. The van der Waals surface area contributed by atoms with E-state index in [-0.39, 0.29) is 0 Å². The summed E-state index contributed by atoms with van der Waals surface area (Å²) in [6.07, 6.45) is -1.39. The largest absolute Gasteiger partial charge is 0.467 e. The quantitative estimate of drug-likeness (QED) is 0.551. The Bertz CT molecular complexity index is 900. The molecule has 0 fully saturated rings. The highest BCUT2D eigenvalue weighted by Gasteiger charge is 2.46. The van der Waals surface area contributed by atoms with Gasteiger partial charge in [-0.25, -0.2) is 4.79 Å². The Labute approximate surface area is 174 Å². The standard InChI is InChI=1S/C23H21ClO3S/c1-27-22(26)21(25)23(18-10-6-3-7-11-18,19-12-14-20(24)15-13-19)28-16-17-8-4-2-5-9-17/h2-15,21,25H,16H2,1H3. The van der Waals surface area contributed by atoms with Crippen LogP contribution in [0.2, 0.25) is 5.02 Å². The summed E-state index contributed by atoms with van der Waals surface area (Å²) >= 11 is 7.58. The highest BCUT2D eigenvalue weighted by atomic mass is 35.5. The molecule has 0 heterocycles. The number of rotatable bonds is 7. The summed E-state index contributed by atoms with van der Waals surface area (Å²) in [4.78, 5) is 12.5. The van der Waals surface area contributed by atoms with Gasteiger partial charge in [0.2, 0.25) is 0 Å². The first-order valence-corrected chi connectivity index (χ1v) is 10.2. The molecule has 0 saturated heterocycles. The fourth-order valence-corrected chi connectivity index (χ4v) is 4.73. The van der Waals surface area contributed by atoms with E-state index in [1.165, 1.54) is 18.9 Å². The summed E-state index contributed by atoms with van der Waals surface area (Å²) in [6.45, 7) is 0. The number of methoxy groups -OCH3 is 1. The Morgan fingerprint density at radius 1 is 0.964 bits per heavy atom. The Morgan fingerprint density at radius 2 is 1.50 bits per heavy atom. The molecule has 3 rings (SSSR count). The molecular formula is C23H21ClO3S. The number of ether oxygens (including phenoxy) is 1. The molecule has 2 atom stereocenters. The van der Waals surface area contributed by atoms with E-state index >= 15 is 0 Å². The van der Waals surface area contributed by atoms with Gasteiger partial charge < -0.3 is 9.84 Å². The average Bonchev–Trinajstić information content (AvgIpc) is 2.76. The molecule has 0 saturated carbocycles. The molecule has 0 aromatic heterocycles. The van der Waals surface area contributed by atoms with E-state index in [2.05, 4.69) is 0 Å². The van der Waals surface area contributed by atoms with E-state index < -0.39 is 16.8 Å². The number of aliphatic hydroxyl groups is 1. The van der Waals surface area contributed by atoms with E-state index in [0.717, 1.165) is 16.7 Å². The Kier molecular flexibility index (Phi) is 6.79. The van der Waals surface area contributed by atoms with Crippen LogP contribution in [-0.4, -0.2) is 24.3 Å². The van der Waals surface area contributed by atoms with Crippen molar-refractivity contribution in [3.8, 4) is 0 Å². The molecule has 1 N–H and O–H groups in total. The molecule has 5 heteroatoms. The number of aliphatic hydroxyl groups excluding tert-OH is 1. The SMILES string of the molecule is COC(=O)C(O)C(SCc1ccccc1)(c1ccccc1)c1ccc(Cl)cc1. The monoisotopic (exact) mass is 412 g/mol. The summed E-state index contributed by atoms with van der Waals surface area (Å²) in [7, 11) is 1.28.